The minimum atomic E-state index is -0.328. The Morgan fingerprint density at radius 2 is 2.08 bits per heavy atom. The summed E-state index contributed by atoms with van der Waals surface area (Å²) < 4.78 is 18.3. The Labute approximate surface area is 140 Å². The number of allylic oxidation sites excluding steroid dienone is 1. The second-order valence-electron chi connectivity index (χ2n) is 6.08. The lowest BCUT2D eigenvalue weighted by atomic mass is 9.97. The number of aryl methyl sites for hydroxylation is 1. The van der Waals surface area contributed by atoms with Crippen LogP contribution in [-0.2, 0) is 0 Å². The molecule has 0 radical (unpaired) electrons. The highest BCUT2D eigenvalue weighted by molar-refractivity contribution is 6.00. The normalized spacial score (nSPS) is 14.3. The molecule has 0 aliphatic heterocycles. The molecular weight excluding hydrogens is 307 g/mol. The number of aromatic nitrogens is 1. The van der Waals surface area contributed by atoms with Gasteiger partial charge in [0.1, 0.15) is 22.8 Å². The molecule has 1 amide bonds. The van der Waals surface area contributed by atoms with Crippen LogP contribution in [0, 0.1) is 12.7 Å². The first-order chi connectivity index (χ1) is 11.6. The number of nitrogens with one attached hydrogen (secondary N) is 1. The first-order valence-electron chi connectivity index (χ1n) is 8.33. The zero-order chi connectivity index (χ0) is 16.9. The van der Waals surface area contributed by atoms with Gasteiger partial charge in [0.2, 0.25) is 0 Å². The molecular formula is C19H21FN2O2. The Balaban J connectivity index is 1.69. The molecule has 2 aromatic rings. The van der Waals surface area contributed by atoms with E-state index in [0.717, 1.165) is 19.3 Å². The molecule has 0 saturated heterocycles. The maximum absolute atomic E-state index is 13.1. The second kappa shape index (κ2) is 7.43. The molecule has 0 spiro atoms. The van der Waals surface area contributed by atoms with E-state index in [1.165, 1.54) is 30.5 Å². The predicted molar refractivity (Wildman–Crippen MR) is 90.1 cm³/mol. The van der Waals surface area contributed by atoms with Gasteiger partial charge < -0.3 is 9.84 Å². The molecule has 1 N–H and O–H groups in total. The van der Waals surface area contributed by atoms with Crippen molar-refractivity contribution < 1.29 is 13.7 Å². The zero-order valence-electron chi connectivity index (χ0n) is 13.8. The zero-order valence-corrected chi connectivity index (χ0v) is 13.8. The Bertz CT molecular complexity index is 747. The smallest absolute Gasteiger partial charge is 0.257 e. The average Bonchev–Trinajstić information content (AvgIpc) is 2.98. The van der Waals surface area contributed by atoms with E-state index in [4.69, 9.17) is 4.52 Å². The average molecular weight is 328 g/mol. The van der Waals surface area contributed by atoms with Crippen LogP contribution in [0.15, 0.2) is 40.4 Å². The third kappa shape index (κ3) is 3.72. The summed E-state index contributed by atoms with van der Waals surface area (Å²) in [6.45, 7) is 2.30. The molecule has 1 aromatic heterocycles. The van der Waals surface area contributed by atoms with Crippen molar-refractivity contribution in [3.05, 3.63) is 53.1 Å². The number of rotatable bonds is 5. The van der Waals surface area contributed by atoms with Crippen LogP contribution < -0.4 is 5.32 Å². The van der Waals surface area contributed by atoms with Gasteiger partial charge in [0.05, 0.1) is 0 Å². The van der Waals surface area contributed by atoms with Crippen molar-refractivity contribution in [2.75, 3.05) is 6.54 Å². The van der Waals surface area contributed by atoms with E-state index >= 15 is 0 Å². The molecule has 0 fully saturated rings. The third-order valence-electron chi connectivity index (χ3n) is 4.32. The van der Waals surface area contributed by atoms with Crippen LogP contribution in [0.4, 0.5) is 4.39 Å². The van der Waals surface area contributed by atoms with E-state index < -0.39 is 0 Å². The number of benzene rings is 1. The summed E-state index contributed by atoms with van der Waals surface area (Å²) in [6, 6.07) is 5.87. The summed E-state index contributed by atoms with van der Waals surface area (Å²) in [5.74, 6) is -0.0704. The number of hydrogen-bond donors (Lipinski definition) is 1. The minimum Gasteiger partial charge on any atom is -0.360 e. The molecule has 1 aliphatic rings. The number of carbonyl (C=O) groups excluding carboxylic acids is 1. The molecule has 4 nitrogen and oxygen atoms in total. The number of carbonyl (C=O) groups is 1. The van der Waals surface area contributed by atoms with Crippen LogP contribution in [-0.4, -0.2) is 17.6 Å². The highest BCUT2D eigenvalue weighted by Gasteiger charge is 2.21. The summed E-state index contributed by atoms with van der Waals surface area (Å²) in [4.78, 5) is 12.5. The van der Waals surface area contributed by atoms with E-state index in [1.54, 1.807) is 19.1 Å². The highest BCUT2D eigenvalue weighted by Crippen LogP contribution is 2.25. The molecule has 0 saturated carbocycles. The lowest BCUT2D eigenvalue weighted by Gasteiger charge is -2.13. The largest absolute Gasteiger partial charge is 0.360 e. The number of amides is 1. The fourth-order valence-electron chi connectivity index (χ4n) is 3.00. The highest BCUT2D eigenvalue weighted by atomic mass is 19.1. The van der Waals surface area contributed by atoms with Gasteiger partial charge in [0.15, 0.2) is 0 Å². The van der Waals surface area contributed by atoms with Gasteiger partial charge in [0.25, 0.3) is 5.91 Å². The maximum atomic E-state index is 13.1. The number of nitrogens with zero attached hydrogens (tertiary/aromatic N) is 1. The van der Waals surface area contributed by atoms with E-state index in [0.29, 0.717) is 29.1 Å². The summed E-state index contributed by atoms with van der Waals surface area (Å²) >= 11 is 0. The summed E-state index contributed by atoms with van der Waals surface area (Å²) in [6.07, 6.45) is 7.92. The Hall–Kier alpha value is -2.43. The van der Waals surface area contributed by atoms with Crippen LogP contribution >= 0.6 is 0 Å². The first kappa shape index (κ1) is 16.4. The van der Waals surface area contributed by atoms with Crippen molar-refractivity contribution in [1.29, 1.82) is 0 Å². The molecule has 1 heterocycles. The van der Waals surface area contributed by atoms with Crippen molar-refractivity contribution in [2.45, 2.75) is 39.0 Å². The van der Waals surface area contributed by atoms with Gasteiger partial charge in [-0.25, -0.2) is 4.39 Å². The monoisotopic (exact) mass is 328 g/mol. The second-order valence-corrected chi connectivity index (χ2v) is 6.08. The minimum absolute atomic E-state index is 0.204. The van der Waals surface area contributed by atoms with Gasteiger partial charge >= 0.3 is 0 Å². The molecule has 1 aliphatic carbocycles. The molecule has 126 valence electrons. The van der Waals surface area contributed by atoms with Crippen molar-refractivity contribution in [2.24, 2.45) is 0 Å². The van der Waals surface area contributed by atoms with Crippen molar-refractivity contribution in [1.82, 2.24) is 10.5 Å². The molecule has 24 heavy (non-hydrogen) atoms. The van der Waals surface area contributed by atoms with Crippen LogP contribution in [0.25, 0.3) is 11.3 Å². The van der Waals surface area contributed by atoms with Crippen molar-refractivity contribution in [3.63, 3.8) is 0 Å². The summed E-state index contributed by atoms with van der Waals surface area (Å²) in [7, 11) is 0. The lowest BCUT2D eigenvalue weighted by Crippen LogP contribution is -2.25. The SMILES string of the molecule is Cc1onc(-c2ccc(F)cc2)c1C(=O)NCCC1=CCCCC1. The Morgan fingerprint density at radius 3 is 2.79 bits per heavy atom. The van der Waals surface area contributed by atoms with Gasteiger partial charge in [-0.05, 0) is 63.3 Å². The fourth-order valence-corrected chi connectivity index (χ4v) is 3.00. The van der Waals surface area contributed by atoms with Gasteiger partial charge in [-0.2, -0.15) is 0 Å². The quantitative estimate of drug-likeness (QED) is 0.827. The van der Waals surface area contributed by atoms with Crippen LogP contribution in [0.3, 0.4) is 0 Å². The van der Waals surface area contributed by atoms with Crippen molar-refractivity contribution >= 4 is 5.91 Å². The first-order valence-corrected chi connectivity index (χ1v) is 8.33. The van der Waals surface area contributed by atoms with Gasteiger partial charge in [0, 0.05) is 12.1 Å². The van der Waals surface area contributed by atoms with Crippen LogP contribution in [0.2, 0.25) is 0 Å². The lowest BCUT2D eigenvalue weighted by molar-refractivity contribution is 0.0953. The van der Waals surface area contributed by atoms with Crippen LogP contribution in [0.1, 0.15) is 48.2 Å². The molecule has 5 heteroatoms. The summed E-state index contributed by atoms with van der Waals surface area (Å²) in [5.41, 5.74) is 2.94. The topological polar surface area (TPSA) is 55.1 Å². The van der Waals surface area contributed by atoms with E-state index in [-0.39, 0.29) is 11.7 Å². The maximum Gasteiger partial charge on any atom is 0.257 e. The summed E-state index contributed by atoms with van der Waals surface area (Å²) in [5, 5.41) is 6.91. The predicted octanol–water partition coefficient (Wildman–Crippen LogP) is 4.41. The van der Waals surface area contributed by atoms with Gasteiger partial charge in [-0.3, -0.25) is 4.79 Å². The molecule has 1 aromatic carbocycles. The van der Waals surface area contributed by atoms with Gasteiger partial charge in [-0.1, -0.05) is 16.8 Å². The molecule has 0 bridgehead atoms. The number of hydrogen-bond acceptors (Lipinski definition) is 3. The van der Waals surface area contributed by atoms with Crippen molar-refractivity contribution in [3.8, 4) is 11.3 Å². The van der Waals surface area contributed by atoms with Crippen LogP contribution in [0.5, 0.6) is 0 Å². The van der Waals surface area contributed by atoms with E-state index in [1.807, 2.05) is 0 Å². The van der Waals surface area contributed by atoms with Gasteiger partial charge in [-0.15, -0.1) is 0 Å². The Morgan fingerprint density at radius 1 is 1.29 bits per heavy atom. The fraction of sp³-hybridized carbons (Fsp3) is 0.368. The van der Waals surface area contributed by atoms with E-state index in [9.17, 15) is 9.18 Å². The number of halogens is 1. The van der Waals surface area contributed by atoms with E-state index in [2.05, 4.69) is 16.5 Å². The molecule has 0 unspecified atom stereocenters. The third-order valence-corrected chi connectivity index (χ3v) is 4.32. The molecule has 3 rings (SSSR count). The molecule has 0 atom stereocenters. The Kier molecular flexibility index (Phi) is 5.08. The standard InChI is InChI=1S/C19H21FN2O2/c1-13-17(18(22-24-13)15-7-9-16(20)10-8-15)19(23)21-12-11-14-5-3-2-4-6-14/h5,7-10H,2-4,6,11-12H2,1H3,(H,21,23).